The minimum absolute atomic E-state index is 0.127. The van der Waals surface area contributed by atoms with Crippen molar-refractivity contribution in [3.05, 3.63) is 35.9 Å². The van der Waals surface area contributed by atoms with Gasteiger partial charge in [0, 0.05) is 6.54 Å². The van der Waals surface area contributed by atoms with Crippen LogP contribution in [0, 0.1) is 0 Å². The summed E-state index contributed by atoms with van der Waals surface area (Å²) in [5.74, 6) is 0. The van der Waals surface area contributed by atoms with E-state index < -0.39 is 0 Å². The van der Waals surface area contributed by atoms with E-state index in [0.29, 0.717) is 6.61 Å². The van der Waals surface area contributed by atoms with Crippen LogP contribution < -0.4 is 5.32 Å². The van der Waals surface area contributed by atoms with E-state index in [2.05, 4.69) is 12.2 Å². The van der Waals surface area contributed by atoms with Crippen molar-refractivity contribution in [2.45, 2.75) is 39.0 Å². The first-order valence-electron chi connectivity index (χ1n) is 7.02. The fourth-order valence-corrected chi connectivity index (χ4v) is 2.40. The molecule has 1 atom stereocenters. The molecule has 1 fully saturated rings. The molecule has 0 aliphatic carbocycles. The van der Waals surface area contributed by atoms with Crippen LogP contribution in [0.4, 0.5) is 4.79 Å². The highest BCUT2D eigenvalue weighted by Gasteiger charge is 2.26. The van der Waals surface area contributed by atoms with Gasteiger partial charge in [0.2, 0.25) is 0 Å². The van der Waals surface area contributed by atoms with Crippen molar-refractivity contribution in [2.75, 3.05) is 13.1 Å². The molecule has 0 aromatic heterocycles. The molecule has 1 N–H and O–H groups in total. The number of amides is 1. The van der Waals surface area contributed by atoms with Crippen LogP contribution >= 0.6 is 0 Å². The second kappa shape index (κ2) is 7.14. The molecule has 1 heterocycles. The molecule has 1 aliphatic rings. The van der Waals surface area contributed by atoms with Gasteiger partial charge in [0.1, 0.15) is 6.61 Å². The van der Waals surface area contributed by atoms with E-state index in [0.717, 1.165) is 31.5 Å². The molecule has 1 aromatic carbocycles. The molecule has 2 rings (SSSR count). The molecule has 0 spiro atoms. The van der Waals surface area contributed by atoms with Gasteiger partial charge >= 0.3 is 6.09 Å². The number of nitrogens with one attached hydrogen (secondary N) is 1. The second-order valence-corrected chi connectivity index (χ2v) is 4.80. The Morgan fingerprint density at radius 2 is 2.16 bits per heavy atom. The molecule has 0 bridgehead atoms. The minimum Gasteiger partial charge on any atom is -0.445 e. The van der Waals surface area contributed by atoms with Crippen LogP contribution in [0.15, 0.2) is 30.3 Å². The van der Waals surface area contributed by atoms with Crippen LogP contribution in [-0.2, 0) is 11.3 Å². The zero-order valence-electron chi connectivity index (χ0n) is 11.5. The molecule has 1 aliphatic heterocycles. The normalized spacial score (nSPS) is 19.2. The maximum atomic E-state index is 12.1. The van der Waals surface area contributed by atoms with Gasteiger partial charge in [-0.05, 0) is 31.4 Å². The Kier molecular flexibility index (Phi) is 5.21. The van der Waals surface area contributed by atoms with Crippen LogP contribution in [0.5, 0.6) is 0 Å². The van der Waals surface area contributed by atoms with Crippen LogP contribution in [0.3, 0.4) is 0 Å². The van der Waals surface area contributed by atoms with Crippen LogP contribution in [0.25, 0.3) is 0 Å². The Morgan fingerprint density at radius 3 is 2.89 bits per heavy atom. The van der Waals surface area contributed by atoms with Crippen molar-refractivity contribution >= 4 is 6.09 Å². The van der Waals surface area contributed by atoms with E-state index in [-0.39, 0.29) is 12.3 Å². The quantitative estimate of drug-likeness (QED) is 0.907. The summed E-state index contributed by atoms with van der Waals surface area (Å²) < 4.78 is 5.39. The number of piperidine rings is 1. The van der Waals surface area contributed by atoms with Crippen molar-refractivity contribution in [3.63, 3.8) is 0 Å². The van der Waals surface area contributed by atoms with E-state index in [1.807, 2.05) is 35.2 Å². The van der Waals surface area contributed by atoms with Gasteiger partial charge in [0.25, 0.3) is 0 Å². The summed E-state index contributed by atoms with van der Waals surface area (Å²) >= 11 is 0. The lowest BCUT2D eigenvalue weighted by Gasteiger charge is -2.35. The Morgan fingerprint density at radius 1 is 1.37 bits per heavy atom. The number of nitrogens with zero attached hydrogens (tertiary/aromatic N) is 1. The molecule has 0 unspecified atom stereocenters. The minimum atomic E-state index is -0.213. The van der Waals surface area contributed by atoms with Gasteiger partial charge in [-0.1, -0.05) is 37.3 Å². The lowest BCUT2D eigenvalue weighted by Crippen LogP contribution is -2.51. The largest absolute Gasteiger partial charge is 0.445 e. The summed E-state index contributed by atoms with van der Waals surface area (Å²) in [7, 11) is 0. The standard InChI is InChI=1S/C15H22N2O2/c1-2-16-14-10-6-7-11-17(14)15(18)19-12-13-8-4-3-5-9-13/h3-5,8-9,14,16H,2,6-7,10-12H2,1H3/t14-/m0/s1. The zero-order chi connectivity index (χ0) is 13.5. The number of rotatable bonds is 4. The second-order valence-electron chi connectivity index (χ2n) is 4.80. The molecule has 1 amide bonds. The molecule has 0 saturated carbocycles. The van der Waals surface area contributed by atoms with Gasteiger partial charge < -0.3 is 4.74 Å². The van der Waals surface area contributed by atoms with Crippen molar-refractivity contribution in [2.24, 2.45) is 0 Å². The van der Waals surface area contributed by atoms with Crippen LogP contribution in [0.2, 0.25) is 0 Å². The molecule has 19 heavy (non-hydrogen) atoms. The van der Waals surface area contributed by atoms with Crippen molar-refractivity contribution < 1.29 is 9.53 Å². The highest BCUT2D eigenvalue weighted by atomic mass is 16.6. The molecule has 104 valence electrons. The Labute approximate surface area is 114 Å². The number of benzene rings is 1. The van der Waals surface area contributed by atoms with Gasteiger partial charge in [-0.2, -0.15) is 0 Å². The molecule has 0 radical (unpaired) electrons. The Balaban J connectivity index is 1.87. The van der Waals surface area contributed by atoms with Gasteiger partial charge in [-0.15, -0.1) is 0 Å². The number of ether oxygens (including phenoxy) is 1. The highest BCUT2D eigenvalue weighted by Crippen LogP contribution is 2.16. The zero-order valence-corrected chi connectivity index (χ0v) is 11.5. The van der Waals surface area contributed by atoms with Crippen molar-refractivity contribution in [3.8, 4) is 0 Å². The number of carbonyl (C=O) groups excluding carboxylic acids is 1. The lowest BCUT2D eigenvalue weighted by atomic mass is 10.1. The van der Waals surface area contributed by atoms with Crippen molar-refractivity contribution in [1.29, 1.82) is 0 Å². The Hall–Kier alpha value is -1.55. The number of likely N-dealkylation sites (tertiary alicyclic amines) is 1. The third-order valence-corrected chi connectivity index (χ3v) is 3.38. The predicted octanol–water partition coefficient (Wildman–Crippen LogP) is 2.74. The summed E-state index contributed by atoms with van der Waals surface area (Å²) in [5.41, 5.74) is 1.02. The molecular formula is C15H22N2O2. The smallest absolute Gasteiger partial charge is 0.411 e. The summed E-state index contributed by atoms with van der Waals surface area (Å²) in [5, 5.41) is 3.34. The molecule has 4 heteroatoms. The highest BCUT2D eigenvalue weighted by molar-refractivity contribution is 5.68. The SMILES string of the molecule is CCN[C@@H]1CCCCN1C(=O)OCc1ccccc1. The summed E-state index contributed by atoms with van der Waals surface area (Å²) in [6.45, 7) is 4.05. The summed E-state index contributed by atoms with van der Waals surface area (Å²) in [6, 6.07) is 9.78. The first-order valence-corrected chi connectivity index (χ1v) is 7.02. The number of hydrogen-bond acceptors (Lipinski definition) is 3. The predicted molar refractivity (Wildman–Crippen MR) is 74.6 cm³/mol. The van der Waals surface area contributed by atoms with E-state index >= 15 is 0 Å². The van der Waals surface area contributed by atoms with Crippen LogP contribution in [-0.4, -0.2) is 30.2 Å². The molecule has 1 aromatic rings. The Bertz CT molecular complexity index is 392. The van der Waals surface area contributed by atoms with Gasteiger partial charge in [-0.25, -0.2) is 4.79 Å². The molecular weight excluding hydrogens is 240 g/mol. The third-order valence-electron chi connectivity index (χ3n) is 3.38. The molecule has 1 saturated heterocycles. The van der Waals surface area contributed by atoms with Gasteiger partial charge in [0.15, 0.2) is 0 Å². The third kappa shape index (κ3) is 3.96. The average Bonchev–Trinajstić information content (AvgIpc) is 2.47. The number of carbonyl (C=O) groups is 1. The van der Waals surface area contributed by atoms with E-state index in [1.54, 1.807) is 0 Å². The fraction of sp³-hybridized carbons (Fsp3) is 0.533. The van der Waals surface area contributed by atoms with Gasteiger partial charge in [0.05, 0.1) is 6.17 Å². The fourth-order valence-electron chi connectivity index (χ4n) is 2.40. The van der Waals surface area contributed by atoms with Gasteiger partial charge in [-0.3, -0.25) is 10.2 Å². The van der Waals surface area contributed by atoms with Crippen LogP contribution in [0.1, 0.15) is 31.7 Å². The lowest BCUT2D eigenvalue weighted by molar-refractivity contribution is 0.0599. The molecule has 4 nitrogen and oxygen atoms in total. The maximum absolute atomic E-state index is 12.1. The monoisotopic (exact) mass is 262 g/mol. The average molecular weight is 262 g/mol. The van der Waals surface area contributed by atoms with E-state index in [4.69, 9.17) is 4.74 Å². The summed E-state index contributed by atoms with van der Waals surface area (Å²) in [4.78, 5) is 13.9. The summed E-state index contributed by atoms with van der Waals surface area (Å²) in [6.07, 6.45) is 3.15. The topological polar surface area (TPSA) is 41.6 Å². The van der Waals surface area contributed by atoms with E-state index in [9.17, 15) is 4.79 Å². The first kappa shape index (κ1) is 13.9. The number of hydrogen-bond donors (Lipinski definition) is 1. The first-order chi connectivity index (χ1) is 9.31. The maximum Gasteiger partial charge on any atom is 0.411 e. The van der Waals surface area contributed by atoms with E-state index in [1.165, 1.54) is 6.42 Å². The van der Waals surface area contributed by atoms with Crippen molar-refractivity contribution in [1.82, 2.24) is 10.2 Å².